The van der Waals surface area contributed by atoms with Gasteiger partial charge >= 0.3 is 0 Å². The Balaban J connectivity index is 2.29. The van der Waals surface area contributed by atoms with Crippen molar-refractivity contribution < 1.29 is 4.39 Å². The second-order valence-electron chi connectivity index (χ2n) is 4.08. The maximum atomic E-state index is 12.6. The molecular formula is C12H17FN2S. The molecular weight excluding hydrogens is 223 g/mol. The summed E-state index contributed by atoms with van der Waals surface area (Å²) in [6.45, 7) is 5.71. The summed E-state index contributed by atoms with van der Waals surface area (Å²) < 4.78 is 12.6. The van der Waals surface area contributed by atoms with Crippen molar-refractivity contribution in [2.75, 3.05) is 6.54 Å². The molecule has 1 rings (SSSR count). The van der Waals surface area contributed by atoms with E-state index in [0.717, 1.165) is 12.1 Å². The monoisotopic (exact) mass is 240 g/mol. The second kappa shape index (κ2) is 6.43. The van der Waals surface area contributed by atoms with Crippen LogP contribution in [-0.2, 0) is 6.54 Å². The predicted octanol–water partition coefficient (Wildman–Crippen LogP) is 2.45. The lowest BCUT2D eigenvalue weighted by Gasteiger charge is -2.12. The number of benzene rings is 1. The van der Waals surface area contributed by atoms with Crippen molar-refractivity contribution >= 4 is 17.3 Å². The van der Waals surface area contributed by atoms with Gasteiger partial charge < -0.3 is 10.6 Å². The zero-order valence-electron chi connectivity index (χ0n) is 9.59. The lowest BCUT2D eigenvalue weighted by atomic mass is 10.2. The molecule has 1 aromatic carbocycles. The van der Waals surface area contributed by atoms with Crippen LogP contribution < -0.4 is 10.6 Å². The fourth-order valence-corrected chi connectivity index (χ4v) is 1.30. The minimum Gasteiger partial charge on any atom is -0.362 e. The van der Waals surface area contributed by atoms with E-state index in [4.69, 9.17) is 12.2 Å². The van der Waals surface area contributed by atoms with Gasteiger partial charge in [0.15, 0.2) is 5.11 Å². The van der Waals surface area contributed by atoms with E-state index in [0.29, 0.717) is 17.6 Å². The van der Waals surface area contributed by atoms with Crippen LogP contribution in [0.5, 0.6) is 0 Å². The SMILES string of the molecule is CC(C)CNC(=S)NCc1ccc(F)cc1. The van der Waals surface area contributed by atoms with Crippen molar-refractivity contribution in [3.8, 4) is 0 Å². The largest absolute Gasteiger partial charge is 0.362 e. The Morgan fingerprint density at radius 2 is 1.88 bits per heavy atom. The molecule has 1 aromatic rings. The van der Waals surface area contributed by atoms with Crippen molar-refractivity contribution in [1.29, 1.82) is 0 Å². The van der Waals surface area contributed by atoms with Gasteiger partial charge in [-0.15, -0.1) is 0 Å². The molecule has 2 N–H and O–H groups in total. The standard InChI is InChI=1S/C12H17FN2S/c1-9(2)7-14-12(16)15-8-10-3-5-11(13)6-4-10/h3-6,9H,7-8H2,1-2H3,(H2,14,15,16). The molecule has 0 saturated heterocycles. The normalized spacial score (nSPS) is 10.2. The lowest BCUT2D eigenvalue weighted by Crippen LogP contribution is -2.36. The number of rotatable bonds is 4. The van der Waals surface area contributed by atoms with Crippen molar-refractivity contribution in [3.05, 3.63) is 35.6 Å². The number of nitrogens with one attached hydrogen (secondary N) is 2. The minimum absolute atomic E-state index is 0.218. The van der Waals surface area contributed by atoms with Gasteiger partial charge in [-0.25, -0.2) is 4.39 Å². The zero-order valence-corrected chi connectivity index (χ0v) is 10.4. The fourth-order valence-electron chi connectivity index (χ4n) is 1.14. The van der Waals surface area contributed by atoms with Gasteiger partial charge in [0, 0.05) is 13.1 Å². The number of hydrogen-bond donors (Lipinski definition) is 2. The summed E-state index contributed by atoms with van der Waals surface area (Å²) in [7, 11) is 0. The zero-order chi connectivity index (χ0) is 12.0. The van der Waals surface area contributed by atoms with Crippen LogP contribution in [0.2, 0.25) is 0 Å². The Hall–Kier alpha value is -1.16. The van der Waals surface area contributed by atoms with Gasteiger partial charge in [0.25, 0.3) is 0 Å². The summed E-state index contributed by atoms with van der Waals surface area (Å²) in [6.07, 6.45) is 0. The average molecular weight is 240 g/mol. The molecule has 0 heterocycles. The third-order valence-electron chi connectivity index (χ3n) is 2.04. The maximum Gasteiger partial charge on any atom is 0.166 e. The molecule has 0 saturated carbocycles. The summed E-state index contributed by atoms with van der Waals surface area (Å²) in [5, 5.41) is 6.82. The molecule has 88 valence electrons. The lowest BCUT2D eigenvalue weighted by molar-refractivity contribution is 0.618. The van der Waals surface area contributed by atoms with Crippen molar-refractivity contribution in [2.45, 2.75) is 20.4 Å². The van der Waals surface area contributed by atoms with Gasteiger partial charge in [0.1, 0.15) is 5.82 Å². The van der Waals surface area contributed by atoms with E-state index in [9.17, 15) is 4.39 Å². The van der Waals surface area contributed by atoms with E-state index in [1.807, 2.05) is 0 Å². The van der Waals surface area contributed by atoms with Crippen LogP contribution in [0, 0.1) is 11.7 Å². The third-order valence-corrected chi connectivity index (χ3v) is 2.33. The molecule has 0 aliphatic rings. The van der Waals surface area contributed by atoms with E-state index in [-0.39, 0.29) is 5.82 Å². The summed E-state index contributed by atoms with van der Waals surface area (Å²) >= 11 is 5.10. The Bertz CT molecular complexity index is 335. The topological polar surface area (TPSA) is 24.1 Å². The van der Waals surface area contributed by atoms with Crippen LogP contribution in [0.25, 0.3) is 0 Å². The first kappa shape index (κ1) is 12.9. The molecule has 0 aliphatic carbocycles. The van der Waals surface area contributed by atoms with Crippen LogP contribution in [0.15, 0.2) is 24.3 Å². The predicted molar refractivity (Wildman–Crippen MR) is 68.7 cm³/mol. The van der Waals surface area contributed by atoms with Gasteiger partial charge in [-0.1, -0.05) is 26.0 Å². The third kappa shape index (κ3) is 5.07. The van der Waals surface area contributed by atoms with Gasteiger partial charge in [0.2, 0.25) is 0 Å². The molecule has 16 heavy (non-hydrogen) atoms. The minimum atomic E-state index is -0.218. The highest BCUT2D eigenvalue weighted by atomic mass is 32.1. The molecule has 0 atom stereocenters. The van der Waals surface area contributed by atoms with E-state index in [1.165, 1.54) is 12.1 Å². The molecule has 4 heteroatoms. The Morgan fingerprint density at radius 3 is 2.44 bits per heavy atom. The highest BCUT2D eigenvalue weighted by molar-refractivity contribution is 7.80. The number of halogens is 1. The van der Waals surface area contributed by atoms with Crippen LogP contribution in [-0.4, -0.2) is 11.7 Å². The quantitative estimate of drug-likeness (QED) is 0.791. The Morgan fingerprint density at radius 1 is 1.25 bits per heavy atom. The van der Waals surface area contributed by atoms with E-state index >= 15 is 0 Å². The van der Waals surface area contributed by atoms with Crippen LogP contribution in [0.1, 0.15) is 19.4 Å². The molecule has 0 unspecified atom stereocenters. The number of thiocarbonyl (C=S) groups is 1. The molecule has 0 radical (unpaired) electrons. The van der Waals surface area contributed by atoms with Crippen molar-refractivity contribution in [1.82, 2.24) is 10.6 Å². The summed E-state index contributed by atoms with van der Waals surface area (Å²) in [5.74, 6) is 0.342. The van der Waals surface area contributed by atoms with Gasteiger partial charge in [-0.3, -0.25) is 0 Å². The van der Waals surface area contributed by atoms with Crippen LogP contribution in [0.4, 0.5) is 4.39 Å². The fraction of sp³-hybridized carbons (Fsp3) is 0.417. The van der Waals surface area contributed by atoms with Gasteiger partial charge in [-0.05, 0) is 35.8 Å². The highest BCUT2D eigenvalue weighted by Gasteiger charge is 1.98. The second-order valence-corrected chi connectivity index (χ2v) is 4.49. The van der Waals surface area contributed by atoms with Crippen LogP contribution >= 0.6 is 12.2 Å². The summed E-state index contributed by atoms with van der Waals surface area (Å²) in [6, 6.07) is 6.38. The molecule has 0 spiro atoms. The van der Waals surface area contributed by atoms with E-state index < -0.39 is 0 Å². The molecule has 0 amide bonds. The first-order valence-electron chi connectivity index (χ1n) is 5.34. The number of hydrogen-bond acceptors (Lipinski definition) is 1. The molecule has 0 aliphatic heterocycles. The molecule has 0 bridgehead atoms. The smallest absolute Gasteiger partial charge is 0.166 e. The van der Waals surface area contributed by atoms with E-state index in [2.05, 4.69) is 24.5 Å². The first-order chi connectivity index (χ1) is 7.58. The van der Waals surface area contributed by atoms with Gasteiger partial charge in [-0.2, -0.15) is 0 Å². The average Bonchev–Trinajstić information content (AvgIpc) is 2.25. The highest BCUT2D eigenvalue weighted by Crippen LogP contribution is 2.01. The Kier molecular flexibility index (Phi) is 5.19. The van der Waals surface area contributed by atoms with Crippen LogP contribution in [0.3, 0.4) is 0 Å². The van der Waals surface area contributed by atoms with E-state index in [1.54, 1.807) is 12.1 Å². The van der Waals surface area contributed by atoms with Crippen molar-refractivity contribution in [3.63, 3.8) is 0 Å². The van der Waals surface area contributed by atoms with Crippen molar-refractivity contribution in [2.24, 2.45) is 5.92 Å². The van der Waals surface area contributed by atoms with Gasteiger partial charge in [0.05, 0.1) is 0 Å². The molecule has 0 fully saturated rings. The molecule has 2 nitrogen and oxygen atoms in total. The maximum absolute atomic E-state index is 12.6. The summed E-state index contributed by atoms with van der Waals surface area (Å²) in [5.41, 5.74) is 1.01. The summed E-state index contributed by atoms with van der Waals surface area (Å²) in [4.78, 5) is 0. The Labute approximate surface area is 101 Å². The molecule has 0 aromatic heterocycles. The first-order valence-corrected chi connectivity index (χ1v) is 5.75.